The highest BCUT2D eigenvalue weighted by atomic mass is 35.5. The quantitative estimate of drug-likeness (QED) is 0.803. The maximum atomic E-state index is 12.7. The number of rotatable bonds is 4. The van der Waals surface area contributed by atoms with E-state index in [0.29, 0.717) is 6.07 Å². The van der Waals surface area contributed by atoms with Crippen LogP contribution in [0.3, 0.4) is 0 Å². The molecule has 0 aliphatic rings. The van der Waals surface area contributed by atoms with Crippen molar-refractivity contribution in [1.29, 1.82) is 5.26 Å². The molecule has 19 heavy (non-hydrogen) atoms. The lowest BCUT2D eigenvalue weighted by atomic mass is 10.1. The van der Waals surface area contributed by atoms with Gasteiger partial charge in [-0.2, -0.15) is 18.4 Å². The molecule has 0 heterocycles. The maximum Gasteiger partial charge on any atom is 0.417 e. The average Bonchev–Trinajstić information content (AvgIpc) is 2.34. The molecule has 0 aliphatic carbocycles. The van der Waals surface area contributed by atoms with E-state index in [1.807, 2.05) is 0 Å². The summed E-state index contributed by atoms with van der Waals surface area (Å²) in [6.07, 6.45) is -4.63. The molecule has 1 aromatic carbocycles. The van der Waals surface area contributed by atoms with E-state index in [0.717, 1.165) is 12.1 Å². The van der Waals surface area contributed by atoms with Crippen LogP contribution in [0.25, 0.3) is 0 Å². The molecule has 8 heteroatoms. The second-order valence-corrected chi connectivity index (χ2v) is 6.17. The van der Waals surface area contributed by atoms with Gasteiger partial charge in [0.1, 0.15) is 0 Å². The van der Waals surface area contributed by atoms with Gasteiger partial charge in [0.15, 0.2) is 9.84 Å². The van der Waals surface area contributed by atoms with Crippen molar-refractivity contribution >= 4 is 21.4 Å². The van der Waals surface area contributed by atoms with Gasteiger partial charge in [-0.05, 0) is 24.6 Å². The van der Waals surface area contributed by atoms with Gasteiger partial charge in [0, 0.05) is 5.88 Å². The van der Waals surface area contributed by atoms with E-state index in [1.54, 1.807) is 0 Å². The number of halogens is 4. The predicted molar refractivity (Wildman–Crippen MR) is 63.5 cm³/mol. The van der Waals surface area contributed by atoms with Gasteiger partial charge in [-0.25, -0.2) is 8.42 Å². The van der Waals surface area contributed by atoms with Crippen LogP contribution in [0.15, 0.2) is 23.1 Å². The lowest BCUT2D eigenvalue weighted by Crippen LogP contribution is -2.12. The summed E-state index contributed by atoms with van der Waals surface area (Å²) < 4.78 is 61.6. The lowest BCUT2D eigenvalue weighted by Gasteiger charge is -2.11. The highest BCUT2D eigenvalue weighted by molar-refractivity contribution is 7.91. The number of hydrogen-bond acceptors (Lipinski definition) is 3. The Kier molecular flexibility index (Phi) is 4.82. The third-order valence-electron chi connectivity index (χ3n) is 2.32. The van der Waals surface area contributed by atoms with Crippen LogP contribution in [0.5, 0.6) is 0 Å². The van der Waals surface area contributed by atoms with E-state index < -0.39 is 32.0 Å². The van der Waals surface area contributed by atoms with E-state index in [9.17, 15) is 21.6 Å². The number of alkyl halides is 4. The lowest BCUT2D eigenvalue weighted by molar-refractivity contribution is -0.137. The van der Waals surface area contributed by atoms with Gasteiger partial charge in [0.2, 0.25) is 0 Å². The van der Waals surface area contributed by atoms with Crippen molar-refractivity contribution < 1.29 is 21.6 Å². The molecule has 0 atom stereocenters. The predicted octanol–water partition coefficient (Wildman–Crippen LogP) is 2.98. The summed E-state index contributed by atoms with van der Waals surface area (Å²) >= 11 is 5.36. The fourth-order valence-corrected chi connectivity index (χ4v) is 3.04. The first-order chi connectivity index (χ1) is 8.72. The Bertz CT molecular complexity index is 605. The standard InChI is InChI=1S/C11H9ClF3NO2S/c12-4-1-5-19(17,18)9-3-2-8(7-16)10(6-9)11(13,14)15/h2-3,6H,1,4-5H2. The minimum Gasteiger partial charge on any atom is -0.224 e. The van der Waals surface area contributed by atoms with E-state index in [2.05, 4.69) is 0 Å². The van der Waals surface area contributed by atoms with Gasteiger partial charge in [0.05, 0.1) is 27.8 Å². The van der Waals surface area contributed by atoms with Crippen LogP contribution in [0, 0.1) is 11.3 Å². The summed E-state index contributed by atoms with van der Waals surface area (Å²) in [5.41, 5.74) is -1.86. The molecule has 0 spiro atoms. The summed E-state index contributed by atoms with van der Waals surface area (Å²) in [5, 5.41) is 8.60. The number of nitriles is 1. The zero-order chi connectivity index (χ0) is 14.7. The second kappa shape index (κ2) is 5.80. The first-order valence-electron chi connectivity index (χ1n) is 5.12. The van der Waals surface area contributed by atoms with Crippen molar-refractivity contribution in [2.24, 2.45) is 0 Å². The molecule has 0 aliphatic heterocycles. The molecule has 0 radical (unpaired) electrons. The Morgan fingerprint density at radius 1 is 1.32 bits per heavy atom. The molecule has 0 saturated carbocycles. The topological polar surface area (TPSA) is 57.9 Å². The Morgan fingerprint density at radius 2 is 1.95 bits per heavy atom. The van der Waals surface area contributed by atoms with Gasteiger partial charge in [-0.1, -0.05) is 0 Å². The smallest absolute Gasteiger partial charge is 0.224 e. The van der Waals surface area contributed by atoms with Crippen LogP contribution in [0.1, 0.15) is 17.5 Å². The molecule has 0 N–H and O–H groups in total. The molecule has 1 rings (SSSR count). The summed E-state index contributed by atoms with van der Waals surface area (Å²) in [5.74, 6) is -0.235. The molecule has 0 aromatic heterocycles. The van der Waals surface area contributed by atoms with Crippen molar-refractivity contribution in [3.8, 4) is 6.07 Å². The van der Waals surface area contributed by atoms with Crippen molar-refractivity contribution in [3.63, 3.8) is 0 Å². The highest BCUT2D eigenvalue weighted by Crippen LogP contribution is 2.33. The van der Waals surface area contributed by atoms with Crippen LogP contribution < -0.4 is 0 Å². The number of benzene rings is 1. The number of sulfone groups is 1. The molecule has 0 unspecified atom stereocenters. The molecule has 0 amide bonds. The molecular weight excluding hydrogens is 303 g/mol. The summed E-state index contributed by atoms with van der Waals surface area (Å²) in [6, 6.07) is 3.73. The summed E-state index contributed by atoms with van der Waals surface area (Å²) in [4.78, 5) is -0.455. The minimum absolute atomic E-state index is 0.0988. The fraction of sp³-hybridized carbons (Fsp3) is 0.364. The summed E-state index contributed by atoms with van der Waals surface area (Å²) in [7, 11) is -3.82. The summed E-state index contributed by atoms with van der Waals surface area (Å²) in [6.45, 7) is 0. The molecule has 3 nitrogen and oxygen atoms in total. The van der Waals surface area contributed by atoms with Gasteiger partial charge in [-0.3, -0.25) is 0 Å². The normalized spacial score (nSPS) is 12.2. The van der Waals surface area contributed by atoms with Crippen molar-refractivity contribution in [2.45, 2.75) is 17.5 Å². The first-order valence-corrected chi connectivity index (χ1v) is 7.31. The minimum atomic E-state index is -4.77. The van der Waals surface area contributed by atoms with E-state index in [-0.39, 0.29) is 18.1 Å². The van der Waals surface area contributed by atoms with E-state index >= 15 is 0 Å². The van der Waals surface area contributed by atoms with Crippen LogP contribution in [0.2, 0.25) is 0 Å². The zero-order valence-corrected chi connectivity index (χ0v) is 11.1. The Balaban J connectivity index is 3.31. The second-order valence-electron chi connectivity index (χ2n) is 3.68. The van der Waals surface area contributed by atoms with Crippen LogP contribution in [-0.4, -0.2) is 20.1 Å². The van der Waals surface area contributed by atoms with Gasteiger partial charge in [0.25, 0.3) is 0 Å². The molecule has 104 valence electrons. The Morgan fingerprint density at radius 3 is 2.42 bits per heavy atom. The maximum absolute atomic E-state index is 12.7. The van der Waals surface area contributed by atoms with E-state index in [1.165, 1.54) is 6.07 Å². The van der Waals surface area contributed by atoms with Crippen LogP contribution in [0.4, 0.5) is 13.2 Å². The fourth-order valence-electron chi connectivity index (χ4n) is 1.41. The molecule has 1 aromatic rings. The van der Waals surface area contributed by atoms with Crippen LogP contribution >= 0.6 is 11.6 Å². The molecule has 0 saturated heterocycles. The van der Waals surface area contributed by atoms with Gasteiger partial charge < -0.3 is 0 Å². The van der Waals surface area contributed by atoms with E-state index in [4.69, 9.17) is 16.9 Å². The number of nitrogens with zero attached hydrogens (tertiary/aromatic N) is 1. The Labute approximate surface area is 113 Å². The SMILES string of the molecule is N#Cc1ccc(S(=O)(=O)CCCCl)cc1C(F)(F)F. The Hall–Kier alpha value is -1.26. The van der Waals surface area contributed by atoms with Gasteiger partial charge >= 0.3 is 6.18 Å². The van der Waals surface area contributed by atoms with Crippen molar-refractivity contribution in [1.82, 2.24) is 0 Å². The van der Waals surface area contributed by atoms with Crippen LogP contribution in [-0.2, 0) is 16.0 Å². The molecule has 0 bridgehead atoms. The monoisotopic (exact) mass is 311 g/mol. The molecular formula is C11H9ClF3NO2S. The van der Waals surface area contributed by atoms with Gasteiger partial charge in [-0.15, -0.1) is 11.6 Å². The van der Waals surface area contributed by atoms with Crippen molar-refractivity contribution in [2.75, 3.05) is 11.6 Å². The van der Waals surface area contributed by atoms with Crippen molar-refractivity contribution in [3.05, 3.63) is 29.3 Å². The highest BCUT2D eigenvalue weighted by Gasteiger charge is 2.34. The molecule has 0 fully saturated rings. The number of hydrogen-bond donors (Lipinski definition) is 0. The third kappa shape index (κ3) is 3.85. The largest absolute Gasteiger partial charge is 0.417 e. The third-order valence-corrected chi connectivity index (χ3v) is 4.39. The first kappa shape index (κ1) is 15.8. The average molecular weight is 312 g/mol. The zero-order valence-electron chi connectivity index (χ0n) is 9.54.